The Morgan fingerprint density at radius 3 is 2.41 bits per heavy atom. The van der Waals surface area contributed by atoms with Gasteiger partial charge in [0.2, 0.25) is 0 Å². The molecule has 11 heteroatoms. The molecule has 2 heterocycles. The molecule has 1 aromatic heterocycles. The van der Waals surface area contributed by atoms with Crippen LogP contribution in [0.4, 0.5) is 26.3 Å². The van der Waals surface area contributed by atoms with Crippen molar-refractivity contribution in [3.8, 4) is 28.5 Å². The second kappa shape index (κ2) is 9.79. The molecule has 0 amide bonds. The summed E-state index contributed by atoms with van der Waals surface area (Å²) in [6, 6.07) is 14.0. The molecule has 0 aliphatic carbocycles. The van der Waals surface area contributed by atoms with Crippen molar-refractivity contribution in [2.24, 2.45) is 0 Å². The minimum Gasteiger partial charge on any atom is -0.497 e. The second-order valence-corrected chi connectivity index (χ2v) is 8.97. The van der Waals surface area contributed by atoms with Crippen molar-refractivity contribution in [3.63, 3.8) is 0 Å². The van der Waals surface area contributed by atoms with Gasteiger partial charge in [0.25, 0.3) is 0 Å². The topological polar surface area (TPSA) is 53.4 Å². The van der Waals surface area contributed by atoms with Crippen molar-refractivity contribution in [3.05, 3.63) is 105 Å². The van der Waals surface area contributed by atoms with Crippen LogP contribution in [-0.4, -0.2) is 16.7 Å². The highest BCUT2D eigenvalue weighted by Crippen LogP contribution is 2.40. The minimum atomic E-state index is -4.85. The van der Waals surface area contributed by atoms with Gasteiger partial charge in [-0.15, -0.1) is 0 Å². The molecule has 4 aromatic rings. The van der Waals surface area contributed by atoms with Gasteiger partial charge < -0.3 is 9.47 Å². The molecule has 1 aliphatic rings. The second-order valence-electron chi connectivity index (χ2n) is 8.97. The number of nitrogens with zero attached hydrogens (tertiary/aromatic N) is 2. The summed E-state index contributed by atoms with van der Waals surface area (Å²) in [4.78, 5) is 16.8. The van der Waals surface area contributed by atoms with E-state index >= 15 is 0 Å². The lowest BCUT2D eigenvalue weighted by atomic mass is 9.96. The summed E-state index contributed by atoms with van der Waals surface area (Å²) in [6.45, 7) is 0.404. The molecular formula is C28H20F6N2O3. The number of halogens is 6. The summed E-state index contributed by atoms with van der Waals surface area (Å²) in [6.07, 6.45) is -9.01. The Labute approximate surface area is 218 Å². The molecule has 0 saturated carbocycles. The van der Waals surface area contributed by atoms with Crippen LogP contribution in [0.3, 0.4) is 0 Å². The van der Waals surface area contributed by atoms with Gasteiger partial charge in [0.1, 0.15) is 17.2 Å². The highest BCUT2D eigenvalue weighted by molar-refractivity contribution is 5.67. The lowest BCUT2D eigenvalue weighted by Crippen LogP contribution is -2.29. The predicted molar refractivity (Wildman–Crippen MR) is 130 cm³/mol. The van der Waals surface area contributed by atoms with Gasteiger partial charge in [0.15, 0.2) is 0 Å². The Balaban J connectivity index is 1.48. The Kier molecular flexibility index (Phi) is 6.61. The van der Waals surface area contributed by atoms with Crippen LogP contribution in [0.2, 0.25) is 0 Å². The highest BCUT2D eigenvalue weighted by Gasteiger charge is 2.35. The molecule has 5 rings (SSSR count). The third-order valence-electron chi connectivity index (χ3n) is 6.38. The summed E-state index contributed by atoms with van der Waals surface area (Å²) in [5.74, 6) is -0.361. The summed E-state index contributed by atoms with van der Waals surface area (Å²) < 4.78 is 92.8. The van der Waals surface area contributed by atoms with Gasteiger partial charge >= 0.3 is 18.0 Å². The van der Waals surface area contributed by atoms with Gasteiger partial charge in [-0.3, -0.25) is 4.57 Å². The lowest BCUT2D eigenvalue weighted by Gasteiger charge is -2.22. The summed E-state index contributed by atoms with van der Waals surface area (Å²) in [5.41, 5.74) is 0.138. The van der Waals surface area contributed by atoms with Crippen molar-refractivity contribution in [2.45, 2.75) is 31.7 Å². The van der Waals surface area contributed by atoms with Crippen LogP contribution < -0.4 is 15.2 Å². The van der Waals surface area contributed by atoms with Gasteiger partial charge in [-0.25, -0.2) is 4.79 Å². The Hall–Kier alpha value is -4.28. The molecule has 202 valence electrons. The van der Waals surface area contributed by atoms with E-state index in [1.807, 2.05) is 12.1 Å². The number of hydrogen-bond acceptors (Lipinski definition) is 4. The minimum absolute atomic E-state index is 0.0819. The number of aromatic nitrogens is 2. The largest absolute Gasteiger partial charge is 0.497 e. The zero-order chi connectivity index (χ0) is 27.9. The Morgan fingerprint density at radius 2 is 1.69 bits per heavy atom. The van der Waals surface area contributed by atoms with E-state index in [-0.39, 0.29) is 23.4 Å². The van der Waals surface area contributed by atoms with Crippen molar-refractivity contribution >= 4 is 0 Å². The molecule has 0 N–H and O–H groups in total. The first kappa shape index (κ1) is 26.3. The number of alkyl halides is 6. The predicted octanol–water partition coefficient (Wildman–Crippen LogP) is 6.90. The Morgan fingerprint density at radius 1 is 0.897 bits per heavy atom. The van der Waals surface area contributed by atoms with E-state index in [0.29, 0.717) is 30.5 Å². The monoisotopic (exact) mass is 546 g/mol. The standard InChI is InChI=1S/C28H20F6N2O3/c1-38-20-6-7-22-17(13-20)9-10-36-24(22)15-19(35-26(36)37)11-16-5-8-25(23(12-16)28(32,33)34)39-21-4-2-3-18(14-21)27(29,30)31/h2-8,12-15H,9-11H2,1H3. The zero-order valence-electron chi connectivity index (χ0n) is 20.4. The van der Waals surface area contributed by atoms with Gasteiger partial charge in [-0.2, -0.15) is 31.3 Å². The van der Waals surface area contributed by atoms with Crippen molar-refractivity contribution in [1.82, 2.24) is 9.55 Å². The van der Waals surface area contributed by atoms with Crippen molar-refractivity contribution in [2.75, 3.05) is 7.11 Å². The number of aryl methyl sites for hydroxylation is 1. The number of ether oxygens (including phenoxy) is 2. The molecule has 0 atom stereocenters. The smallest absolute Gasteiger partial charge is 0.419 e. The third-order valence-corrected chi connectivity index (χ3v) is 6.38. The number of hydrogen-bond donors (Lipinski definition) is 0. The molecule has 1 aliphatic heterocycles. The first-order valence-electron chi connectivity index (χ1n) is 11.8. The summed E-state index contributed by atoms with van der Waals surface area (Å²) in [5, 5.41) is 0. The maximum atomic E-state index is 13.9. The van der Waals surface area contributed by atoms with Gasteiger partial charge in [-0.1, -0.05) is 12.1 Å². The molecule has 39 heavy (non-hydrogen) atoms. The normalized spacial score (nSPS) is 13.0. The number of fused-ring (bicyclic) bond motifs is 3. The zero-order valence-corrected chi connectivity index (χ0v) is 20.4. The fourth-order valence-corrected chi connectivity index (χ4v) is 4.54. The Bertz CT molecular complexity index is 1610. The molecule has 0 saturated heterocycles. The molecule has 0 bridgehead atoms. The van der Waals surface area contributed by atoms with Crippen LogP contribution in [0.1, 0.15) is 27.9 Å². The quantitative estimate of drug-likeness (QED) is 0.256. The molecule has 0 unspecified atom stereocenters. The maximum Gasteiger partial charge on any atom is 0.419 e. The van der Waals surface area contributed by atoms with Gasteiger partial charge in [0, 0.05) is 18.5 Å². The fourth-order valence-electron chi connectivity index (χ4n) is 4.54. The van der Waals surface area contributed by atoms with Crippen LogP contribution in [0, 0.1) is 0 Å². The number of methoxy groups -OCH3 is 1. The number of rotatable bonds is 5. The van der Waals surface area contributed by atoms with Crippen LogP contribution in [0.15, 0.2) is 71.5 Å². The molecule has 0 spiro atoms. The van der Waals surface area contributed by atoms with Crippen molar-refractivity contribution in [1.29, 1.82) is 0 Å². The van der Waals surface area contributed by atoms with E-state index in [0.717, 1.165) is 41.5 Å². The van der Waals surface area contributed by atoms with Crippen molar-refractivity contribution < 1.29 is 35.8 Å². The molecule has 0 fully saturated rings. The van der Waals surface area contributed by atoms with E-state index in [1.54, 1.807) is 19.2 Å². The average molecular weight is 546 g/mol. The molecule has 5 nitrogen and oxygen atoms in total. The summed E-state index contributed by atoms with van der Waals surface area (Å²) in [7, 11) is 1.55. The average Bonchev–Trinajstić information content (AvgIpc) is 2.88. The maximum absolute atomic E-state index is 13.9. The van der Waals surface area contributed by atoms with E-state index in [9.17, 15) is 31.1 Å². The van der Waals surface area contributed by atoms with E-state index < -0.39 is 34.9 Å². The SMILES string of the molecule is COc1ccc2c(c1)CCn1c-2cc(Cc2ccc(Oc3cccc(C(F)(F)F)c3)c(C(F)(F)F)c2)nc1=O. The lowest BCUT2D eigenvalue weighted by molar-refractivity contribution is -0.139. The summed E-state index contributed by atoms with van der Waals surface area (Å²) >= 11 is 0. The number of benzene rings is 3. The van der Waals surface area contributed by atoms with Crippen LogP contribution in [-0.2, 0) is 31.7 Å². The van der Waals surface area contributed by atoms with E-state index in [4.69, 9.17) is 9.47 Å². The van der Waals surface area contributed by atoms with E-state index in [1.165, 1.54) is 10.6 Å². The van der Waals surface area contributed by atoms with Crippen LogP contribution in [0.25, 0.3) is 11.3 Å². The molecule has 0 radical (unpaired) electrons. The molecule has 3 aromatic carbocycles. The first-order valence-corrected chi connectivity index (χ1v) is 11.8. The third kappa shape index (κ3) is 5.47. The van der Waals surface area contributed by atoms with Gasteiger partial charge in [-0.05, 0) is 72.1 Å². The van der Waals surface area contributed by atoms with E-state index in [2.05, 4.69) is 4.98 Å². The van der Waals surface area contributed by atoms with Crippen LogP contribution in [0.5, 0.6) is 17.2 Å². The highest BCUT2D eigenvalue weighted by atomic mass is 19.4. The van der Waals surface area contributed by atoms with Crippen LogP contribution >= 0.6 is 0 Å². The molecular weight excluding hydrogens is 526 g/mol. The first-order chi connectivity index (χ1) is 18.4. The van der Waals surface area contributed by atoms with Gasteiger partial charge in [0.05, 0.1) is 29.6 Å². The fraction of sp³-hybridized carbons (Fsp3) is 0.214.